The number of carbonyl (C=O) groups excluding carboxylic acids is 3. The molecule has 0 atom stereocenters. The number of carbonyl (C=O) groups is 3. The van der Waals surface area contributed by atoms with Gasteiger partial charge in [-0.05, 0) is 122 Å². The summed E-state index contributed by atoms with van der Waals surface area (Å²) in [5, 5.41) is 8.79. The average Bonchev–Trinajstić information content (AvgIpc) is 3.18. The topological polar surface area (TPSA) is 108 Å². The van der Waals surface area contributed by atoms with Crippen LogP contribution in [0.4, 0.5) is 0 Å². The van der Waals surface area contributed by atoms with Crippen LogP contribution in [0.2, 0.25) is 0 Å². The summed E-state index contributed by atoms with van der Waals surface area (Å²) in [6.45, 7) is 7.74. The van der Waals surface area contributed by atoms with E-state index in [9.17, 15) is 14.4 Å². The van der Waals surface area contributed by atoms with Gasteiger partial charge in [-0.15, -0.1) is 0 Å². The zero-order valence-electron chi connectivity index (χ0n) is 28.6. The van der Waals surface area contributed by atoms with Crippen molar-refractivity contribution in [1.29, 1.82) is 0 Å². The number of unbranched alkanes of at least 4 members (excludes halogenated alkanes) is 1. The Morgan fingerprint density at radius 1 is 0.615 bits per heavy atom. The lowest BCUT2D eigenvalue weighted by atomic mass is 10.1. The lowest BCUT2D eigenvalue weighted by Gasteiger charge is -2.07. The van der Waals surface area contributed by atoms with E-state index in [1.165, 1.54) is 0 Å². The van der Waals surface area contributed by atoms with Crippen LogP contribution in [-0.2, 0) is 19.1 Å². The second kappa shape index (κ2) is 21.3. The highest BCUT2D eigenvalue weighted by molar-refractivity contribution is 8.14. The van der Waals surface area contributed by atoms with Crippen LogP contribution in [0, 0.1) is 23.7 Å². The first-order chi connectivity index (χ1) is 25.3. The first-order valence-corrected chi connectivity index (χ1v) is 17.3. The van der Waals surface area contributed by atoms with Gasteiger partial charge in [0.05, 0.1) is 38.6 Å². The predicted molar refractivity (Wildman–Crippen MR) is 201 cm³/mol. The molecule has 0 aromatic heterocycles. The normalized spacial score (nSPS) is 10.0. The van der Waals surface area contributed by atoms with Crippen molar-refractivity contribution < 1.29 is 38.4 Å². The molecule has 0 aliphatic heterocycles. The van der Waals surface area contributed by atoms with Gasteiger partial charge in [0.15, 0.2) is 0 Å². The van der Waals surface area contributed by atoms with Gasteiger partial charge in [-0.25, -0.2) is 9.59 Å². The summed E-state index contributed by atoms with van der Waals surface area (Å²) in [6, 6.07) is 29.7. The second-order valence-electron chi connectivity index (χ2n) is 11.1. The van der Waals surface area contributed by atoms with Crippen molar-refractivity contribution in [3.63, 3.8) is 0 Å². The van der Waals surface area contributed by atoms with Gasteiger partial charge in [0.25, 0.3) is 0 Å². The Balaban J connectivity index is 1.17. The van der Waals surface area contributed by atoms with Crippen LogP contribution < -0.4 is 9.47 Å². The molecule has 0 radical (unpaired) electrons. The van der Waals surface area contributed by atoms with Crippen molar-refractivity contribution >= 4 is 28.8 Å². The number of rotatable bonds is 16. The van der Waals surface area contributed by atoms with E-state index in [4.69, 9.17) is 24.1 Å². The number of benzene rings is 4. The Hall–Kier alpha value is -6.00. The summed E-state index contributed by atoms with van der Waals surface area (Å²) in [5.41, 5.74) is 4.02. The minimum absolute atomic E-state index is 0.0432. The van der Waals surface area contributed by atoms with E-state index in [1.807, 2.05) is 72.8 Å². The van der Waals surface area contributed by atoms with Crippen LogP contribution in [0.1, 0.15) is 51.9 Å². The monoisotopic (exact) mass is 714 g/mol. The molecule has 0 amide bonds. The van der Waals surface area contributed by atoms with Crippen molar-refractivity contribution in [3.05, 3.63) is 150 Å². The minimum Gasteiger partial charge on any atom is -0.494 e. The molecule has 9 heteroatoms. The van der Waals surface area contributed by atoms with Crippen LogP contribution in [0.3, 0.4) is 0 Å². The van der Waals surface area contributed by atoms with Gasteiger partial charge in [-0.1, -0.05) is 36.8 Å². The highest BCUT2D eigenvalue weighted by atomic mass is 32.2. The van der Waals surface area contributed by atoms with Crippen molar-refractivity contribution in [2.75, 3.05) is 33.0 Å². The number of hydrogen-bond donors (Lipinski definition) is 1. The van der Waals surface area contributed by atoms with E-state index in [0.29, 0.717) is 43.8 Å². The van der Waals surface area contributed by atoms with Gasteiger partial charge < -0.3 is 24.1 Å². The molecule has 4 rings (SSSR count). The van der Waals surface area contributed by atoms with Gasteiger partial charge in [-0.2, -0.15) is 0 Å². The van der Waals surface area contributed by atoms with Crippen molar-refractivity contribution in [1.82, 2.24) is 0 Å². The van der Waals surface area contributed by atoms with Crippen molar-refractivity contribution in [2.24, 2.45) is 0 Å². The van der Waals surface area contributed by atoms with Crippen molar-refractivity contribution in [3.8, 4) is 35.2 Å². The fourth-order valence-corrected chi connectivity index (χ4v) is 4.97. The average molecular weight is 715 g/mol. The molecule has 0 bridgehead atoms. The summed E-state index contributed by atoms with van der Waals surface area (Å²) < 4.78 is 21.3. The van der Waals surface area contributed by atoms with Gasteiger partial charge >= 0.3 is 11.9 Å². The highest BCUT2D eigenvalue weighted by Gasteiger charge is 2.09. The van der Waals surface area contributed by atoms with Crippen LogP contribution in [-0.4, -0.2) is 55.2 Å². The molecule has 0 saturated carbocycles. The number of hydrogen-bond acceptors (Lipinski definition) is 9. The minimum atomic E-state index is -0.580. The maximum absolute atomic E-state index is 12.8. The van der Waals surface area contributed by atoms with E-state index in [1.54, 1.807) is 24.3 Å². The maximum atomic E-state index is 12.8. The summed E-state index contributed by atoms with van der Waals surface area (Å²) in [4.78, 5) is 36.1. The molecule has 4 aromatic carbocycles. The molecule has 1 N–H and O–H groups in total. The predicted octanol–water partition coefficient (Wildman–Crippen LogP) is 7.17. The highest BCUT2D eigenvalue weighted by Crippen LogP contribution is 2.24. The fourth-order valence-electron chi connectivity index (χ4n) is 4.23. The van der Waals surface area contributed by atoms with E-state index >= 15 is 0 Å². The third-order valence-corrected chi connectivity index (χ3v) is 8.01. The van der Waals surface area contributed by atoms with Crippen molar-refractivity contribution in [2.45, 2.75) is 24.2 Å². The standard InChI is InChI=1S/C43H38O8S/c1-3-41(45)50-30-6-29-49-39-23-19-37(20-24-39)43(47)52-40-25-17-36(18-26-40)14-12-34-9-7-33(8-10-34)11-13-35-15-21-38(22-16-35)48-27-4-5-28-51-42(46)32(2)31-44/h3,7-10,15-26,44H,1-2,4-6,27-31H2. The zero-order valence-corrected chi connectivity index (χ0v) is 29.4. The Labute approximate surface area is 308 Å². The SMILES string of the molecule is C=CC(=O)OCCCOc1ccc(C(=O)Sc2ccc(C#Cc3ccc(C#Cc4ccc(OCCCCOC(=O)C(=C)CO)cc4)cc3)cc2)cc1. The number of thioether (sulfide) groups is 1. The Bertz CT molecular complexity index is 1940. The van der Waals surface area contributed by atoms with Crippen LogP contribution in [0.15, 0.2) is 127 Å². The number of aliphatic hydroxyl groups excluding tert-OH is 1. The second-order valence-corrected chi connectivity index (χ2v) is 12.1. The van der Waals surface area contributed by atoms with Gasteiger partial charge in [-0.3, -0.25) is 4.79 Å². The molecular formula is C43H38O8S. The molecule has 0 heterocycles. The maximum Gasteiger partial charge on any atom is 0.335 e. The summed E-state index contributed by atoms with van der Waals surface area (Å²) in [5.74, 6) is 13.0. The molecule has 4 aromatic rings. The molecule has 8 nitrogen and oxygen atoms in total. The molecule has 52 heavy (non-hydrogen) atoms. The number of esters is 2. The largest absolute Gasteiger partial charge is 0.494 e. The van der Waals surface area contributed by atoms with Crippen LogP contribution in [0.5, 0.6) is 11.5 Å². The molecule has 0 unspecified atom stereocenters. The quantitative estimate of drug-likeness (QED) is 0.0425. The van der Waals surface area contributed by atoms with Crippen LogP contribution in [0.25, 0.3) is 0 Å². The first kappa shape index (κ1) is 38.8. The molecule has 0 aliphatic rings. The van der Waals surface area contributed by atoms with Crippen LogP contribution >= 0.6 is 11.8 Å². The summed E-state index contributed by atoms with van der Waals surface area (Å²) >= 11 is 1.14. The van der Waals surface area contributed by atoms with Gasteiger partial charge in [0.1, 0.15) is 11.5 Å². The Morgan fingerprint density at radius 3 is 1.58 bits per heavy atom. The molecular weight excluding hydrogens is 677 g/mol. The Morgan fingerprint density at radius 2 is 1.06 bits per heavy atom. The van der Waals surface area contributed by atoms with Gasteiger partial charge in [0.2, 0.25) is 5.12 Å². The lowest BCUT2D eigenvalue weighted by molar-refractivity contribution is -0.140. The van der Waals surface area contributed by atoms with E-state index < -0.39 is 18.5 Å². The third-order valence-electron chi connectivity index (χ3n) is 7.08. The van der Waals surface area contributed by atoms with Gasteiger partial charge in [0, 0.05) is 45.2 Å². The molecule has 0 fully saturated rings. The summed E-state index contributed by atoms with van der Waals surface area (Å²) in [6.07, 6.45) is 3.03. The van der Waals surface area contributed by atoms with E-state index in [-0.39, 0.29) is 23.9 Å². The third kappa shape index (κ3) is 13.7. The first-order valence-electron chi connectivity index (χ1n) is 16.5. The zero-order chi connectivity index (χ0) is 37.0. The molecule has 0 aliphatic carbocycles. The van der Waals surface area contributed by atoms with E-state index in [0.717, 1.165) is 50.7 Å². The number of ether oxygens (including phenoxy) is 4. The van der Waals surface area contributed by atoms with E-state index in [2.05, 4.69) is 36.8 Å². The molecule has 0 saturated heterocycles. The summed E-state index contributed by atoms with van der Waals surface area (Å²) in [7, 11) is 0. The number of aliphatic hydroxyl groups is 1. The lowest BCUT2D eigenvalue weighted by Crippen LogP contribution is -2.11. The smallest absolute Gasteiger partial charge is 0.335 e. The molecule has 264 valence electrons. The molecule has 0 spiro atoms. The fraction of sp³-hybridized carbons (Fsp3) is 0.186. The Kier molecular flexibility index (Phi) is 15.9.